The lowest BCUT2D eigenvalue weighted by Gasteiger charge is -2.36. The van der Waals surface area contributed by atoms with Crippen LogP contribution in [0.15, 0.2) is 42.7 Å². The van der Waals surface area contributed by atoms with Gasteiger partial charge in [-0.15, -0.1) is 0 Å². The fraction of sp³-hybridized carbons (Fsp3) is 0.560. The van der Waals surface area contributed by atoms with E-state index in [1.165, 1.54) is 6.07 Å². The molecule has 2 aromatic rings. The number of hydrogen-bond donors (Lipinski definition) is 0. The van der Waals surface area contributed by atoms with E-state index in [2.05, 4.69) is 31.6 Å². The van der Waals surface area contributed by atoms with Crippen LogP contribution in [0, 0.1) is 0 Å². The van der Waals surface area contributed by atoms with Crippen LogP contribution in [0.4, 0.5) is 24.5 Å². The van der Waals surface area contributed by atoms with Crippen LogP contribution in [0.1, 0.15) is 11.1 Å². The Morgan fingerprint density at radius 3 is 2.12 bits per heavy atom. The number of rotatable bonds is 10. The van der Waals surface area contributed by atoms with E-state index in [1.807, 2.05) is 38.2 Å². The monoisotopic (exact) mass is 478 g/mol. The van der Waals surface area contributed by atoms with Gasteiger partial charge in [0.1, 0.15) is 0 Å². The van der Waals surface area contributed by atoms with E-state index in [-0.39, 0.29) is 0 Å². The minimum absolute atomic E-state index is 0.295. The summed E-state index contributed by atoms with van der Waals surface area (Å²) in [4.78, 5) is 14.8. The molecule has 0 aliphatic carbocycles. The number of benzene rings is 1. The van der Waals surface area contributed by atoms with E-state index < -0.39 is 11.7 Å². The van der Waals surface area contributed by atoms with Gasteiger partial charge in [-0.05, 0) is 57.0 Å². The van der Waals surface area contributed by atoms with E-state index in [0.29, 0.717) is 12.1 Å². The number of hydrogen-bond acceptors (Lipinski definition) is 6. The Labute approximate surface area is 201 Å². The number of pyridine rings is 1. The van der Waals surface area contributed by atoms with Crippen molar-refractivity contribution in [2.75, 3.05) is 90.3 Å². The minimum atomic E-state index is -4.36. The van der Waals surface area contributed by atoms with E-state index in [0.717, 1.165) is 63.7 Å². The summed E-state index contributed by atoms with van der Waals surface area (Å²) in [6.07, 6.45) is -0.837. The van der Waals surface area contributed by atoms with Gasteiger partial charge >= 0.3 is 6.18 Å². The zero-order valence-corrected chi connectivity index (χ0v) is 20.7. The van der Waals surface area contributed by atoms with Gasteiger partial charge in [0.05, 0.1) is 5.56 Å². The van der Waals surface area contributed by atoms with Crippen LogP contribution in [0.2, 0.25) is 0 Å². The first kappa shape index (κ1) is 26.2. The average molecular weight is 479 g/mol. The molecule has 2 heterocycles. The normalized spacial score (nSPS) is 15.4. The van der Waals surface area contributed by atoms with Crippen molar-refractivity contribution in [2.24, 2.45) is 0 Å². The van der Waals surface area contributed by atoms with Crippen LogP contribution in [0.25, 0.3) is 0 Å². The molecule has 1 aliphatic rings. The third kappa shape index (κ3) is 7.58. The second-order valence-electron chi connectivity index (χ2n) is 9.34. The maximum absolute atomic E-state index is 13.8. The standard InChI is InChI=1S/C25H37F3N6/c1-30(2)11-12-31(3)13-14-32(4)23-5-6-24(25(26,27)28)21(19-23)20-33-15-17-34(18-16-33)22-7-9-29-10-8-22/h5-10,19H,11-18,20H2,1-4H3. The fourth-order valence-corrected chi connectivity index (χ4v) is 4.12. The molecule has 1 aromatic heterocycles. The van der Waals surface area contributed by atoms with Gasteiger partial charge < -0.3 is 19.6 Å². The quantitative estimate of drug-likeness (QED) is 0.520. The van der Waals surface area contributed by atoms with E-state index in [4.69, 9.17) is 0 Å². The molecular weight excluding hydrogens is 441 g/mol. The number of nitrogens with zero attached hydrogens (tertiary/aromatic N) is 6. The summed E-state index contributed by atoms with van der Waals surface area (Å²) < 4.78 is 41.3. The molecule has 0 spiro atoms. The summed E-state index contributed by atoms with van der Waals surface area (Å²) >= 11 is 0. The molecule has 0 N–H and O–H groups in total. The molecule has 3 rings (SSSR count). The van der Waals surface area contributed by atoms with Crippen molar-refractivity contribution in [1.29, 1.82) is 0 Å². The van der Waals surface area contributed by atoms with E-state index in [1.54, 1.807) is 24.5 Å². The van der Waals surface area contributed by atoms with Crippen LogP contribution >= 0.6 is 0 Å². The molecule has 1 fully saturated rings. The molecule has 0 unspecified atom stereocenters. The lowest BCUT2D eigenvalue weighted by Crippen LogP contribution is -2.46. The summed E-state index contributed by atoms with van der Waals surface area (Å²) in [6.45, 7) is 6.81. The minimum Gasteiger partial charge on any atom is -0.373 e. The first-order valence-electron chi connectivity index (χ1n) is 11.8. The van der Waals surface area contributed by atoms with E-state index >= 15 is 0 Å². The molecule has 0 atom stereocenters. The van der Waals surface area contributed by atoms with Gasteiger partial charge in [0.2, 0.25) is 0 Å². The lowest BCUT2D eigenvalue weighted by molar-refractivity contribution is -0.138. The molecule has 6 nitrogen and oxygen atoms in total. The molecule has 34 heavy (non-hydrogen) atoms. The molecule has 188 valence electrons. The third-order valence-electron chi connectivity index (χ3n) is 6.38. The number of anilines is 2. The van der Waals surface area contributed by atoms with Gasteiger partial charge in [-0.3, -0.25) is 9.88 Å². The highest BCUT2D eigenvalue weighted by Crippen LogP contribution is 2.34. The van der Waals surface area contributed by atoms with Crippen molar-refractivity contribution < 1.29 is 13.2 Å². The Hall–Kier alpha value is -2.36. The van der Waals surface area contributed by atoms with Gasteiger partial charge in [-0.2, -0.15) is 13.2 Å². The van der Waals surface area contributed by atoms with Gasteiger partial charge in [-0.1, -0.05) is 0 Å². The SMILES string of the molecule is CN(C)CCN(C)CCN(C)c1ccc(C(F)(F)F)c(CN2CCN(c3ccncc3)CC2)c1. The Balaban J connectivity index is 1.64. The lowest BCUT2D eigenvalue weighted by atomic mass is 10.0. The highest BCUT2D eigenvalue weighted by atomic mass is 19.4. The molecule has 0 saturated carbocycles. The summed E-state index contributed by atoms with van der Waals surface area (Å²) in [6, 6.07) is 8.48. The smallest absolute Gasteiger partial charge is 0.373 e. The summed E-state index contributed by atoms with van der Waals surface area (Å²) in [5, 5.41) is 0. The predicted octanol–water partition coefficient (Wildman–Crippen LogP) is 3.35. The van der Waals surface area contributed by atoms with Gasteiger partial charge in [0.25, 0.3) is 0 Å². The van der Waals surface area contributed by atoms with Crippen LogP contribution < -0.4 is 9.80 Å². The Morgan fingerprint density at radius 2 is 1.50 bits per heavy atom. The van der Waals surface area contributed by atoms with Gasteiger partial charge in [0, 0.05) is 89.7 Å². The van der Waals surface area contributed by atoms with Crippen LogP contribution in [0.5, 0.6) is 0 Å². The van der Waals surface area contributed by atoms with Gasteiger partial charge in [0.15, 0.2) is 0 Å². The van der Waals surface area contributed by atoms with Crippen molar-refractivity contribution in [3.63, 3.8) is 0 Å². The van der Waals surface area contributed by atoms with Crippen molar-refractivity contribution in [3.05, 3.63) is 53.9 Å². The van der Waals surface area contributed by atoms with Crippen molar-refractivity contribution in [3.8, 4) is 0 Å². The second kappa shape index (κ2) is 11.9. The maximum Gasteiger partial charge on any atom is 0.416 e. The highest BCUT2D eigenvalue weighted by Gasteiger charge is 2.34. The second-order valence-corrected chi connectivity index (χ2v) is 9.34. The first-order valence-corrected chi connectivity index (χ1v) is 11.8. The Bertz CT molecular complexity index is 882. The van der Waals surface area contributed by atoms with Gasteiger partial charge in [-0.25, -0.2) is 0 Å². The zero-order valence-electron chi connectivity index (χ0n) is 20.7. The summed E-state index contributed by atoms with van der Waals surface area (Å²) in [5.74, 6) is 0. The predicted molar refractivity (Wildman–Crippen MR) is 132 cm³/mol. The molecule has 1 saturated heterocycles. The molecule has 0 radical (unpaired) electrons. The van der Waals surface area contributed by atoms with E-state index in [9.17, 15) is 13.2 Å². The van der Waals surface area contributed by atoms with Crippen molar-refractivity contribution in [1.82, 2.24) is 19.7 Å². The summed E-state index contributed by atoms with van der Waals surface area (Å²) in [5.41, 5.74) is 1.73. The first-order chi connectivity index (χ1) is 16.1. The maximum atomic E-state index is 13.8. The molecule has 0 amide bonds. The largest absolute Gasteiger partial charge is 0.416 e. The molecular formula is C25H37F3N6. The molecule has 1 aliphatic heterocycles. The topological polar surface area (TPSA) is 29.1 Å². The van der Waals surface area contributed by atoms with Crippen molar-refractivity contribution >= 4 is 11.4 Å². The zero-order chi connectivity index (χ0) is 24.7. The fourth-order valence-electron chi connectivity index (χ4n) is 4.12. The van der Waals surface area contributed by atoms with Crippen molar-refractivity contribution in [2.45, 2.75) is 12.7 Å². The number of alkyl halides is 3. The number of halogens is 3. The third-order valence-corrected chi connectivity index (χ3v) is 6.38. The Kier molecular flexibility index (Phi) is 9.16. The molecule has 9 heteroatoms. The molecule has 1 aromatic carbocycles. The van der Waals surface area contributed by atoms with Crippen LogP contribution in [-0.2, 0) is 12.7 Å². The number of piperazine rings is 1. The molecule has 0 bridgehead atoms. The number of likely N-dealkylation sites (N-methyl/N-ethyl adjacent to an activating group) is 3. The number of aromatic nitrogens is 1. The van der Waals surface area contributed by atoms with Crippen LogP contribution in [0.3, 0.4) is 0 Å². The highest BCUT2D eigenvalue weighted by molar-refractivity contribution is 5.51. The summed E-state index contributed by atoms with van der Waals surface area (Å²) in [7, 11) is 8.10. The average Bonchev–Trinajstić information content (AvgIpc) is 2.81. The Morgan fingerprint density at radius 1 is 0.853 bits per heavy atom. The van der Waals surface area contributed by atoms with Crippen LogP contribution in [-0.4, -0.2) is 100 Å².